The van der Waals surface area contributed by atoms with E-state index in [9.17, 15) is 9.59 Å². The average molecular weight is 392 g/mol. The first-order chi connectivity index (χ1) is 13.0. The number of hydrogen-bond acceptors (Lipinski definition) is 5. The zero-order valence-corrected chi connectivity index (χ0v) is 16.0. The van der Waals surface area contributed by atoms with E-state index in [0.29, 0.717) is 29.5 Å². The number of anilines is 1. The van der Waals surface area contributed by atoms with Crippen LogP contribution in [0.3, 0.4) is 0 Å². The number of hydrogen-bond donors (Lipinski definition) is 1. The molecule has 1 N–H and O–H groups in total. The molecule has 0 aromatic heterocycles. The van der Waals surface area contributed by atoms with Gasteiger partial charge in [-0.2, -0.15) is 0 Å². The van der Waals surface area contributed by atoms with Crippen molar-refractivity contribution in [3.63, 3.8) is 0 Å². The number of benzene rings is 2. The molecule has 7 heteroatoms. The second-order valence-electron chi connectivity index (χ2n) is 5.73. The van der Waals surface area contributed by atoms with E-state index in [1.54, 1.807) is 55.6 Å². The number of ether oxygens (including phenoxy) is 3. The van der Waals surface area contributed by atoms with E-state index in [1.807, 2.05) is 0 Å². The molecule has 2 rings (SSSR count). The van der Waals surface area contributed by atoms with Crippen molar-refractivity contribution in [2.24, 2.45) is 0 Å². The fraction of sp³-hybridized carbons (Fsp3) is 0.300. The van der Waals surface area contributed by atoms with Crippen molar-refractivity contribution >= 4 is 29.2 Å². The Labute approximate surface area is 163 Å². The van der Waals surface area contributed by atoms with E-state index < -0.39 is 18.0 Å². The van der Waals surface area contributed by atoms with Crippen molar-refractivity contribution < 1.29 is 23.8 Å². The number of nitrogens with one attached hydrogen (secondary N) is 1. The molecular weight excluding hydrogens is 370 g/mol. The highest BCUT2D eigenvalue weighted by molar-refractivity contribution is 6.33. The summed E-state index contributed by atoms with van der Waals surface area (Å²) in [6.07, 6.45) is -0.292. The Morgan fingerprint density at radius 3 is 2.41 bits per heavy atom. The Hall–Kier alpha value is -2.73. The van der Waals surface area contributed by atoms with Gasteiger partial charge in [-0.15, -0.1) is 0 Å². The zero-order valence-electron chi connectivity index (χ0n) is 15.2. The summed E-state index contributed by atoms with van der Waals surface area (Å²) in [6, 6.07) is 14.0. The van der Waals surface area contributed by atoms with E-state index >= 15 is 0 Å². The van der Waals surface area contributed by atoms with Crippen LogP contribution in [0.5, 0.6) is 11.5 Å². The van der Waals surface area contributed by atoms with E-state index in [4.69, 9.17) is 25.8 Å². The Kier molecular flexibility index (Phi) is 7.95. The third kappa shape index (κ3) is 6.83. The largest absolute Gasteiger partial charge is 0.497 e. The van der Waals surface area contributed by atoms with Crippen LogP contribution in [-0.4, -0.2) is 31.7 Å². The first-order valence-corrected chi connectivity index (χ1v) is 8.89. The van der Waals surface area contributed by atoms with Crippen molar-refractivity contribution in [1.82, 2.24) is 0 Å². The van der Waals surface area contributed by atoms with Crippen LogP contribution in [0.2, 0.25) is 5.02 Å². The number of rotatable bonds is 9. The van der Waals surface area contributed by atoms with E-state index in [0.717, 1.165) is 5.75 Å². The molecule has 0 fully saturated rings. The second kappa shape index (κ2) is 10.4. The summed E-state index contributed by atoms with van der Waals surface area (Å²) in [5.41, 5.74) is 0.472. The molecule has 0 aliphatic carbocycles. The summed E-state index contributed by atoms with van der Waals surface area (Å²) in [7, 11) is 1.59. The van der Waals surface area contributed by atoms with Gasteiger partial charge in [-0.25, -0.2) is 0 Å². The van der Waals surface area contributed by atoms with Gasteiger partial charge in [0, 0.05) is 6.42 Å². The second-order valence-corrected chi connectivity index (χ2v) is 6.14. The number of para-hydroxylation sites is 1. The predicted molar refractivity (Wildman–Crippen MR) is 103 cm³/mol. The van der Waals surface area contributed by atoms with Crippen LogP contribution < -0.4 is 14.8 Å². The SMILES string of the molecule is COc1ccc(OCCCC(=O)O[C@@H](C)C(=O)Nc2ccccc2Cl)cc1. The number of esters is 1. The molecule has 0 heterocycles. The topological polar surface area (TPSA) is 73.9 Å². The standard InChI is InChI=1S/C20H22ClNO5/c1-14(20(24)22-18-7-4-3-6-17(18)21)27-19(23)8-5-13-26-16-11-9-15(25-2)10-12-16/h3-4,6-7,9-12,14H,5,8,13H2,1-2H3,(H,22,24)/t14-/m0/s1. The minimum atomic E-state index is -0.920. The lowest BCUT2D eigenvalue weighted by molar-refractivity contribution is -0.153. The van der Waals surface area contributed by atoms with Crippen LogP contribution in [0.25, 0.3) is 0 Å². The minimum Gasteiger partial charge on any atom is -0.497 e. The molecule has 0 saturated heterocycles. The van der Waals surface area contributed by atoms with E-state index in [-0.39, 0.29) is 6.42 Å². The van der Waals surface area contributed by atoms with E-state index in [1.165, 1.54) is 6.92 Å². The maximum Gasteiger partial charge on any atom is 0.306 e. The molecule has 144 valence electrons. The fourth-order valence-electron chi connectivity index (χ4n) is 2.19. The Bertz CT molecular complexity index is 763. The summed E-state index contributed by atoms with van der Waals surface area (Å²) in [4.78, 5) is 24.0. The highest BCUT2D eigenvalue weighted by atomic mass is 35.5. The smallest absolute Gasteiger partial charge is 0.306 e. The quantitative estimate of drug-likeness (QED) is 0.515. The highest BCUT2D eigenvalue weighted by Crippen LogP contribution is 2.21. The normalized spacial score (nSPS) is 11.4. The van der Waals surface area contributed by atoms with Gasteiger partial charge in [0.2, 0.25) is 0 Å². The molecule has 0 aliphatic heterocycles. The summed E-state index contributed by atoms with van der Waals surface area (Å²) < 4.78 is 15.8. The van der Waals surface area contributed by atoms with Crippen molar-refractivity contribution in [2.75, 3.05) is 19.0 Å². The molecule has 2 aromatic carbocycles. The minimum absolute atomic E-state index is 0.153. The van der Waals surface area contributed by atoms with Crippen molar-refractivity contribution in [3.05, 3.63) is 53.6 Å². The van der Waals surface area contributed by atoms with Gasteiger partial charge in [-0.3, -0.25) is 9.59 Å². The average Bonchev–Trinajstić information content (AvgIpc) is 2.67. The molecule has 27 heavy (non-hydrogen) atoms. The lowest BCUT2D eigenvalue weighted by Gasteiger charge is -2.14. The lowest BCUT2D eigenvalue weighted by Crippen LogP contribution is -2.30. The van der Waals surface area contributed by atoms with Gasteiger partial charge in [-0.1, -0.05) is 23.7 Å². The molecule has 6 nitrogen and oxygen atoms in total. The van der Waals surface area contributed by atoms with Crippen molar-refractivity contribution in [2.45, 2.75) is 25.9 Å². The van der Waals surface area contributed by atoms with Crippen LogP contribution in [0.4, 0.5) is 5.69 Å². The predicted octanol–water partition coefficient (Wildman–Crippen LogP) is 4.08. The third-order valence-electron chi connectivity index (χ3n) is 3.66. The molecule has 0 saturated carbocycles. The fourth-order valence-corrected chi connectivity index (χ4v) is 2.37. The van der Waals surface area contributed by atoms with Crippen molar-refractivity contribution in [1.29, 1.82) is 0 Å². The maximum atomic E-state index is 12.1. The van der Waals surface area contributed by atoms with Gasteiger partial charge in [0.05, 0.1) is 24.4 Å². The number of carbonyl (C=O) groups excluding carboxylic acids is 2. The summed E-state index contributed by atoms with van der Waals surface area (Å²) in [6.45, 7) is 1.87. The first kappa shape index (κ1) is 20.6. The monoisotopic (exact) mass is 391 g/mol. The Balaban J connectivity index is 1.68. The molecule has 1 amide bonds. The van der Waals surface area contributed by atoms with Crippen LogP contribution in [0.1, 0.15) is 19.8 Å². The molecular formula is C20H22ClNO5. The summed E-state index contributed by atoms with van der Waals surface area (Å²) >= 11 is 5.99. The molecule has 0 unspecified atom stereocenters. The molecule has 0 bridgehead atoms. The molecule has 0 aliphatic rings. The number of methoxy groups -OCH3 is 1. The third-order valence-corrected chi connectivity index (χ3v) is 3.99. The van der Waals surface area contributed by atoms with Crippen LogP contribution in [-0.2, 0) is 14.3 Å². The van der Waals surface area contributed by atoms with Gasteiger partial charge in [0.15, 0.2) is 6.10 Å². The van der Waals surface area contributed by atoms with Gasteiger partial charge in [0.25, 0.3) is 5.91 Å². The molecule has 0 radical (unpaired) electrons. The number of amides is 1. The number of halogens is 1. The maximum absolute atomic E-state index is 12.1. The molecule has 2 aromatic rings. The van der Waals surface area contributed by atoms with Crippen LogP contribution >= 0.6 is 11.6 Å². The summed E-state index contributed by atoms with van der Waals surface area (Å²) in [5, 5.41) is 3.05. The van der Waals surface area contributed by atoms with Gasteiger partial charge in [-0.05, 0) is 49.7 Å². The molecule has 1 atom stereocenters. The van der Waals surface area contributed by atoms with Crippen LogP contribution in [0.15, 0.2) is 48.5 Å². The van der Waals surface area contributed by atoms with Gasteiger partial charge >= 0.3 is 5.97 Å². The number of carbonyl (C=O) groups is 2. The van der Waals surface area contributed by atoms with E-state index in [2.05, 4.69) is 5.32 Å². The summed E-state index contributed by atoms with van der Waals surface area (Å²) in [5.74, 6) is 0.535. The Morgan fingerprint density at radius 1 is 1.07 bits per heavy atom. The Morgan fingerprint density at radius 2 is 1.74 bits per heavy atom. The lowest BCUT2D eigenvalue weighted by atomic mass is 10.3. The van der Waals surface area contributed by atoms with Gasteiger partial charge in [0.1, 0.15) is 11.5 Å². The zero-order chi connectivity index (χ0) is 19.6. The van der Waals surface area contributed by atoms with Gasteiger partial charge < -0.3 is 19.5 Å². The highest BCUT2D eigenvalue weighted by Gasteiger charge is 2.18. The van der Waals surface area contributed by atoms with Crippen LogP contribution in [0, 0.1) is 0 Å². The first-order valence-electron chi connectivity index (χ1n) is 8.51. The van der Waals surface area contributed by atoms with Crippen molar-refractivity contribution in [3.8, 4) is 11.5 Å². The molecule has 0 spiro atoms.